The molecule has 0 aromatic carbocycles. The molecule has 3 N–H and O–H groups in total. The zero-order chi connectivity index (χ0) is 49.0. The van der Waals surface area contributed by atoms with Gasteiger partial charge in [0.2, 0.25) is 0 Å². The molecule has 0 aliphatic carbocycles. The summed E-state index contributed by atoms with van der Waals surface area (Å²) in [6, 6.07) is 22.8. The fourth-order valence-electron chi connectivity index (χ4n) is 9.91. The molecule has 6 aliphatic heterocycles. The minimum atomic E-state index is 0.572. The number of aryl methyl sites for hydroxylation is 6. The molecule has 0 amide bonds. The van der Waals surface area contributed by atoms with Crippen molar-refractivity contribution in [3.63, 3.8) is 0 Å². The van der Waals surface area contributed by atoms with Crippen LogP contribution in [-0.2, 0) is 19.4 Å². The van der Waals surface area contributed by atoms with E-state index in [1.165, 1.54) is 24.0 Å². The van der Waals surface area contributed by atoms with Crippen LogP contribution in [0.5, 0.6) is 0 Å². The van der Waals surface area contributed by atoms with E-state index in [4.69, 9.17) is 15.0 Å². The summed E-state index contributed by atoms with van der Waals surface area (Å²) < 4.78 is 0. The van der Waals surface area contributed by atoms with E-state index >= 15 is 0 Å². The Kier molecular flexibility index (Phi) is 13.8. The first-order valence-electron chi connectivity index (χ1n) is 24.4. The number of pyridine rings is 4. The molecule has 6 aliphatic rings. The summed E-state index contributed by atoms with van der Waals surface area (Å²) >= 11 is 0. The third-order valence-electron chi connectivity index (χ3n) is 13.7. The van der Waals surface area contributed by atoms with Gasteiger partial charge < -0.3 is 15.1 Å². The standard InChI is InChI=1S/C27H30N8.C20H23N7.C7H7NO/c1-17-6-7-28-12-21(17)14-35-24-11-25(35)16-34(15-24)26-5-4-20(13-29-26)27-30-18(2)8-22(31-27)10-23-9-19(3)32-33-23;1-12-5-15(7-16-6-13(2)25-26-16)24-20(22-12)14-3-4-19(21-9-14)27-10-17-8-18(11-27)23-17;1-6-2-3-8-4-7(6)5-9/h4-9,12-13,24-25H,10-11,14-16H2,1-3H3,(H,32,33);3-6,9,17-18,23H,7-8,10-11H2,1-2H3,(H,25,26);2-5H,1H3. The summed E-state index contributed by atoms with van der Waals surface area (Å²) in [4.78, 5) is 54.0. The molecule has 6 fully saturated rings. The number of H-pyrrole nitrogens is 2. The number of carbonyl (C=O) groups excluding carboxylic acids is 1. The van der Waals surface area contributed by atoms with Gasteiger partial charge in [-0.2, -0.15) is 10.2 Å². The number of hydrogen-bond acceptors (Lipinski definition) is 15. The van der Waals surface area contributed by atoms with E-state index in [1.807, 2.05) is 83.7 Å². The van der Waals surface area contributed by atoms with Gasteiger partial charge in [-0.1, -0.05) is 0 Å². The molecule has 17 heteroatoms. The number of rotatable bonds is 11. The van der Waals surface area contributed by atoms with Gasteiger partial charge in [-0.05, 0) is 132 Å². The van der Waals surface area contributed by atoms with E-state index in [-0.39, 0.29) is 0 Å². The lowest BCUT2D eigenvalue weighted by Crippen LogP contribution is -2.68. The number of nitrogens with one attached hydrogen (secondary N) is 3. The van der Waals surface area contributed by atoms with Gasteiger partial charge in [-0.25, -0.2) is 29.9 Å². The maximum Gasteiger partial charge on any atom is 0.161 e. The van der Waals surface area contributed by atoms with Gasteiger partial charge in [0, 0.05) is 146 Å². The van der Waals surface area contributed by atoms with Crippen LogP contribution >= 0.6 is 0 Å². The smallest absolute Gasteiger partial charge is 0.161 e. The molecule has 17 nitrogen and oxygen atoms in total. The topological polar surface area (TPSA) is 199 Å². The lowest BCUT2D eigenvalue weighted by atomic mass is 9.86. The minimum Gasteiger partial charge on any atom is -0.353 e. The van der Waals surface area contributed by atoms with E-state index in [0.717, 1.165) is 119 Å². The highest BCUT2D eigenvalue weighted by atomic mass is 16.1. The number of hydrogen-bond donors (Lipinski definition) is 3. The fourth-order valence-corrected chi connectivity index (χ4v) is 9.91. The second-order valence-electron chi connectivity index (χ2n) is 19.4. The van der Waals surface area contributed by atoms with Gasteiger partial charge >= 0.3 is 0 Å². The molecule has 0 radical (unpaired) electrons. The largest absolute Gasteiger partial charge is 0.353 e. The number of fused-ring (bicyclic) bond motifs is 4. The van der Waals surface area contributed by atoms with Crippen LogP contribution in [0.1, 0.15) is 85.4 Å². The van der Waals surface area contributed by atoms with E-state index in [0.29, 0.717) is 48.4 Å². The molecule has 4 bridgehead atoms. The van der Waals surface area contributed by atoms with Gasteiger partial charge in [0.15, 0.2) is 17.9 Å². The third-order valence-corrected chi connectivity index (χ3v) is 13.7. The molecule has 71 heavy (non-hydrogen) atoms. The van der Waals surface area contributed by atoms with Crippen LogP contribution in [0.25, 0.3) is 22.8 Å². The number of aromatic nitrogens is 12. The summed E-state index contributed by atoms with van der Waals surface area (Å²) in [5, 5.41) is 18.2. The zero-order valence-corrected chi connectivity index (χ0v) is 41.2. The van der Waals surface area contributed by atoms with Gasteiger partial charge in [0.05, 0.1) is 22.8 Å². The van der Waals surface area contributed by atoms with Gasteiger partial charge in [0.25, 0.3) is 0 Å². The van der Waals surface area contributed by atoms with Crippen LogP contribution in [-0.4, -0.2) is 122 Å². The van der Waals surface area contributed by atoms with Crippen molar-refractivity contribution in [2.45, 2.75) is 97.9 Å². The van der Waals surface area contributed by atoms with Gasteiger partial charge in [-0.3, -0.25) is 29.9 Å². The lowest BCUT2D eigenvalue weighted by Gasteiger charge is -2.56. The molecule has 4 unspecified atom stereocenters. The van der Waals surface area contributed by atoms with Crippen molar-refractivity contribution in [2.24, 2.45) is 0 Å². The number of carbonyl (C=O) groups is 1. The number of anilines is 2. The third kappa shape index (κ3) is 11.2. The molecule has 0 spiro atoms. The van der Waals surface area contributed by atoms with E-state index in [1.54, 1.807) is 12.4 Å². The first-order valence-corrected chi connectivity index (χ1v) is 24.4. The summed E-state index contributed by atoms with van der Waals surface area (Å²) in [7, 11) is 0. The van der Waals surface area contributed by atoms with Crippen LogP contribution in [0.2, 0.25) is 0 Å². The van der Waals surface area contributed by atoms with Gasteiger partial charge in [0.1, 0.15) is 11.6 Å². The number of piperazine rings is 2. The van der Waals surface area contributed by atoms with E-state index in [2.05, 4.69) is 109 Å². The Morgan fingerprint density at radius 2 is 1.10 bits per heavy atom. The Bertz CT molecular complexity index is 3090. The van der Waals surface area contributed by atoms with Crippen molar-refractivity contribution >= 4 is 17.9 Å². The predicted octanol–water partition coefficient (Wildman–Crippen LogP) is 6.86. The molecule has 362 valence electrons. The molecule has 14 heterocycles. The Labute approximate surface area is 414 Å². The maximum absolute atomic E-state index is 10.2. The average molecular weight is 949 g/mol. The summed E-state index contributed by atoms with van der Waals surface area (Å²) in [5.74, 6) is 3.50. The summed E-state index contributed by atoms with van der Waals surface area (Å²) in [6.45, 7) is 17.1. The summed E-state index contributed by atoms with van der Waals surface area (Å²) in [6.07, 6.45) is 15.6. The number of nitrogens with zero attached hydrogens (tertiary/aromatic N) is 13. The van der Waals surface area contributed by atoms with E-state index in [9.17, 15) is 4.79 Å². The van der Waals surface area contributed by atoms with Gasteiger partial charge in [-0.15, -0.1) is 0 Å². The lowest BCUT2D eigenvalue weighted by molar-refractivity contribution is -0.00889. The van der Waals surface area contributed by atoms with Crippen molar-refractivity contribution in [2.75, 3.05) is 36.0 Å². The SMILES string of the molecule is Cc1cc(Cc2cc(C)[nH]n2)nc(-c2ccc(N3CC4CC(C3)N4)nc2)n1.Cc1cc(Cc2cc(C)[nH]n2)nc(-c2ccc(N3CC4CC(C3)N4Cc3cnccc3C)nc2)n1.Cc1ccncc1C=O. The number of aldehydes is 1. The quantitative estimate of drug-likeness (QED) is 0.114. The molecular formula is C54H60N16O. The molecular weight excluding hydrogens is 889 g/mol. The van der Waals surface area contributed by atoms with Crippen LogP contribution in [0.3, 0.4) is 0 Å². The number of aromatic amines is 2. The van der Waals surface area contributed by atoms with Crippen LogP contribution in [0.4, 0.5) is 11.6 Å². The Hall–Kier alpha value is -7.63. The Morgan fingerprint density at radius 3 is 1.55 bits per heavy atom. The minimum absolute atomic E-state index is 0.572. The van der Waals surface area contributed by atoms with Crippen molar-refractivity contribution in [1.82, 2.24) is 70.5 Å². The monoisotopic (exact) mass is 949 g/mol. The van der Waals surface area contributed by atoms with Crippen LogP contribution in [0.15, 0.2) is 97.8 Å². The highest BCUT2D eigenvalue weighted by molar-refractivity contribution is 5.76. The van der Waals surface area contributed by atoms with Crippen molar-refractivity contribution in [3.05, 3.63) is 166 Å². The maximum atomic E-state index is 10.2. The Balaban J connectivity index is 0.000000143. The summed E-state index contributed by atoms with van der Waals surface area (Å²) in [5.41, 5.74) is 14.1. The van der Waals surface area contributed by atoms with Crippen LogP contribution in [0, 0.1) is 41.5 Å². The molecule has 6 saturated heterocycles. The second-order valence-corrected chi connectivity index (χ2v) is 19.4. The normalized spacial score (nSPS) is 18.8. The molecule has 0 saturated carbocycles. The highest BCUT2D eigenvalue weighted by Crippen LogP contribution is 2.36. The second kappa shape index (κ2) is 20.8. The first-order chi connectivity index (χ1) is 34.5. The van der Waals surface area contributed by atoms with Crippen molar-refractivity contribution in [1.29, 1.82) is 0 Å². The predicted molar refractivity (Wildman–Crippen MR) is 273 cm³/mol. The first kappa shape index (κ1) is 47.1. The average Bonchev–Trinajstić information content (AvgIpc) is 3.99. The van der Waals surface area contributed by atoms with Crippen LogP contribution < -0.4 is 15.1 Å². The van der Waals surface area contributed by atoms with Crippen molar-refractivity contribution in [3.8, 4) is 22.8 Å². The molecule has 14 rings (SSSR count). The fraction of sp³-hybridized carbons (Fsp3) is 0.352. The number of piperidine rings is 2. The highest BCUT2D eigenvalue weighted by Gasteiger charge is 2.45. The molecule has 4 atom stereocenters. The molecule has 8 aromatic heterocycles. The zero-order valence-electron chi connectivity index (χ0n) is 41.2. The van der Waals surface area contributed by atoms with E-state index < -0.39 is 0 Å². The molecule has 8 aromatic rings. The van der Waals surface area contributed by atoms with Crippen molar-refractivity contribution < 1.29 is 4.79 Å². The Morgan fingerprint density at radius 1 is 0.577 bits per heavy atom.